The van der Waals surface area contributed by atoms with E-state index in [-0.39, 0.29) is 0 Å². The Bertz CT molecular complexity index is 500. The van der Waals surface area contributed by atoms with Gasteiger partial charge < -0.3 is 4.84 Å². The summed E-state index contributed by atoms with van der Waals surface area (Å²) in [6.07, 6.45) is 0. The zero-order valence-corrected chi connectivity index (χ0v) is 11.2. The molecular formula is C14H11Cl2NO. The lowest BCUT2D eigenvalue weighted by molar-refractivity contribution is 0.214. The summed E-state index contributed by atoms with van der Waals surface area (Å²) in [5.41, 5.74) is 2.61. The van der Waals surface area contributed by atoms with Gasteiger partial charge in [-0.25, -0.2) is 0 Å². The zero-order chi connectivity index (χ0) is 13.0. The second kappa shape index (κ2) is 5.89. The molecular weight excluding hydrogens is 269 g/mol. The van der Waals surface area contributed by atoms with Gasteiger partial charge in [-0.05, 0) is 24.3 Å². The first-order chi connectivity index (χ1) is 8.70. The van der Waals surface area contributed by atoms with Gasteiger partial charge in [-0.15, -0.1) is 0 Å². The summed E-state index contributed by atoms with van der Waals surface area (Å²) in [5, 5.41) is 5.43. The highest BCUT2D eigenvalue weighted by Gasteiger charge is 2.07. The second-order valence-corrected chi connectivity index (χ2v) is 4.51. The van der Waals surface area contributed by atoms with E-state index < -0.39 is 0 Å². The molecule has 4 heteroatoms. The van der Waals surface area contributed by atoms with Gasteiger partial charge in [-0.1, -0.05) is 52.6 Å². The van der Waals surface area contributed by atoms with Crippen molar-refractivity contribution in [1.82, 2.24) is 0 Å². The van der Waals surface area contributed by atoms with Gasteiger partial charge in [0, 0.05) is 21.2 Å². The lowest BCUT2D eigenvalue weighted by Crippen LogP contribution is -2.03. The van der Waals surface area contributed by atoms with Crippen molar-refractivity contribution in [2.24, 2.45) is 5.16 Å². The fourth-order valence-corrected chi connectivity index (χ4v) is 1.83. The van der Waals surface area contributed by atoms with Crippen molar-refractivity contribution in [3.8, 4) is 0 Å². The van der Waals surface area contributed by atoms with Crippen molar-refractivity contribution in [2.75, 3.05) is 7.11 Å². The molecule has 92 valence electrons. The fourth-order valence-electron chi connectivity index (χ4n) is 1.58. The Kier molecular flexibility index (Phi) is 4.24. The van der Waals surface area contributed by atoms with Crippen LogP contribution in [-0.4, -0.2) is 12.8 Å². The highest BCUT2D eigenvalue weighted by Crippen LogP contribution is 2.17. The standard InChI is InChI=1S/C14H11Cl2NO/c1-18-17-14(10-2-6-12(15)7-3-10)11-4-8-13(16)9-5-11/h2-9H,1H3. The first-order valence-electron chi connectivity index (χ1n) is 5.34. The third kappa shape index (κ3) is 3.03. The lowest BCUT2D eigenvalue weighted by atomic mass is 10.0. The van der Waals surface area contributed by atoms with Crippen molar-refractivity contribution in [1.29, 1.82) is 0 Å². The van der Waals surface area contributed by atoms with Crippen LogP contribution in [0.25, 0.3) is 0 Å². The van der Waals surface area contributed by atoms with Crippen LogP contribution in [0.3, 0.4) is 0 Å². The van der Waals surface area contributed by atoms with Crippen LogP contribution >= 0.6 is 23.2 Å². The van der Waals surface area contributed by atoms with Crippen LogP contribution in [-0.2, 0) is 4.84 Å². The number of nitrogens with zero attached hydrogens (tertiary/aromatic N) is 1. The minimum atomic E-state index is 0.687. The summed E-state index contributed by atoms with van der Waals surface area (Å²) in [5.74, 6) is 0. The topological polar surface area (TPSA) is 21.6 Å². The molecule has 2 rings (SSSR count). The molecule has 0 saturated carbocycles. The third-order valence-electron chi connectivity index (χ3n) is 2.42. The van der Waals surface area contributed by atoms with Crippen LogP contribution in [0.15, 0.2) is 53.7 Å². The molecule has 0 bridgehead atoms. The van der Waals surface area contributed by atoms with Gasteiger partial charge in [0.1, 0.15) is 12.8 Å². The van der Waals surface area contributed by atoms with Crippen LogP contribution in [0.2, 0.25) is 10.0 Å². The Hall–Kier alpha value is -1.51. The van der Waals surface area contributed by atoms with Crippen LogP contribution in [0.5, 0.6) is 0 Å². The zero-order valence-electron chi connectivity index (χ0n) is 9.73. The summed E-state index contributed by atoms with van der Waals surface area (Å²) in [7, 11) is 1.52. The van der Waals surface area contributed by atoms with Crippen LogP contribution in [0.1, 0.15) is 11.1 Å². The summed E-state index contributed by atoms with van der Waals surface area (Å²) in [6.45, 7) is 0. The highest BCUT2D eigenvalue weighted by atomic mass is 35.5. The molecule has 2 aromatic rings. The van der Waals surface area contributed by atoms with Crippen LogP contribution in [0.4, 0.5) is 0 Å². The van der Waals surface area contributed by atoms with E-state index in [1.54, 1.807) is 0 Å². The molecule has 0 heterocycles. The van der Waals surface area contributed by atoms with Crippen molar-refractivity contribution >= 4 is 28.9 Å². The van der Waals surface area contributed by atoms with Crippen molar-refractivity contribution in [3.63, 3.8) is 0 Å². The van der Waals surface area contributed by atoms with E-state index in [4.69, 9.17) is 28.0 Å². The minimum Gasteiger partial charge on any atom is -0.399 e. The molecule has 0 aromatic heterocycles. The van der Waals surface area contributed by atoms with E-state index in [2.05, 4.69) is 5.16 Å². The molecule has 0 unspecified atom stereocenters. The van der Waals surface area contributed by atoms with Gasteiger partial charge in [0.05, 0.1) is 0 Å². The molecule has 18 heavy (non-hydrogen) atoms. The lowest BCUT2D eigenvalue weighted by Gasteiger charge is -2.06. The summed E-state index contributed by atoms with van der Waals surface area (Å²) < 4.78 is 0. The van der Waals surface area contributed by atoms with Gasteiger partial charge in [-0.3, -0.25) is 0 Å². The van der Waals surface area contributed by atoms with E-state index in [1.807, 2.05) is 48.5 Å². The Morgan fingerprint density at radius 1 is 0.833 bits per heavy atom. The van der Waals surface area contributed by atoms with Gasteiger partial charge in [0.25, 0.3) is 0 Å². The van der Waals surface area contributed by atoms with Crippen LogP contribution < -0.4 is 0 Å². The molecule has 2 nitrogen and oxygen atoms in total. The first-order valence-corrected chi connectivity index (χ1v) is 6.09. The Labute approximate surface area is 116 Å². The minimum absolute atomic E-state index is 0.687. The normalized spacial score (nSPS) is 9.94. The van der Waals surface area contributed by atoms with Crippen molar-refractivity contribution in [3.05, 3.63) is 69.7 Å². The number of rotatable bonds is 3. The molecule has 0 spiro atoms. The summed E-state index contributed by atoms with van der Waals surface area (Å²) >= 11 is 11.7. The number of halogens is 2. The number of oxime groups is 1. The van der Waals surface area contributed by atoms with E-state index in [1.165, 1.54) is 7.11 Å². The molecule has 0 saturated heterocycles. The van der Waals surface area contributed by atoms with Gasteiger partial charge in [-0.2, -0.15) is 0 Å². The fraction of sp³-hybridized carbons (Fsp3) is 0.0714. The Morgan fingerprint density at radius 2 is 1.22 bits per heavy atom. The number of hydrogen-bond acceptors (Lipinski definition) is 2. The molecule has 0 aliphatic rings. The number of hydrogen-bond donors (Lipinski definition) is 0. The predicted molar refractivity (Wildman–Crippen MR) is 75.6 cm³/mol. The molecule has 0 radical (unpaired) electrons. The first kappa shape index (κ1) is 12.9. The molecule has 0 N–H and O–H groups in total. The maximum absolute atomic E-state index is 5.87. The molecule has 0 fully saturated rings. The largest absolute Gasteiger partial charge is 0.399 e. The maximum Gasteiger partial charge on any atom is 0.117 e. The van der Waals surface area contributed by atoms with Gasteiger partial charge >= 0.3 is 0 Å². The predicted octanol–water partition coefficient (Wildman–Crippen LogP) is 4.39. The quantitative estimate of drug-likeness (QED) is 0.603. The maximum atomic E-state index is 5.87. The Morgan fingerprint density at radius 3 is 1.56 bits per heavy atom. The van der Waals surface area contributed by atoms with E-state index in [9.17, 15) is 0 Å². The van der Waals surface area contributed by atoms with Gasteiger partial charge in [0.15, 0.2) is 0 Å². The van der Waals surface area contributed by atoms with E-state index in [0.29, 0.717) is 10.0 Å². The third-order valence-corrected chi connectivity index (χ3v) is 2.92. The Balaban J connectivity index is 2.43. The van der Waals surface area contributed by atoms with Crippen LogP contribution in [0, 0.1) is 0 Å². The molecule has 0 aliphatic heterocycles. The highest BCUT2D eigenvalue weighted by molar-refractivity contribution is 6.31. The second-order valence-electron chi connectivity index (χ2n) is 3.64. The van der Waals surface area contributed by atoms with Crippen molar-refractivity contribution in [2.45, 2.75) is 0 Å². The van der Waals surface area contributed by atoms with Gasteiger partial charge in [0.2, 0.25) is 0 Å². The SMILES string of the molecule is CON=C(c1ccc(Cl)cc1)c1ccc(Cl)cc1. The van der Waals surface area contributed by atoms with E-state index >= 15 is 0 Å². The van der Waals surface area contributed by atoms with E-state index in [0.717, 1.165) is 16.8 Å². The van der Waals surface area contributed by atoms with Crippen molar-refractivity contribution < 1.29 is 4.84 Å². The molecule has 0 atom stereocenters. The monoisotopic (exact) mass is 279 g/mol. The number of benzene rings is 2. The smallest absolute Gasteiger partial charge is 0.117 e. The molecule has 0 aliphatic carbocycles. The average molecular weight is 280 g/mol. The average Bonchev–Trinajstić information content (AvgIpc) is 2.39. The summed E-state index contributed by atoms with van der Waals surface area (Å²) in [6, 6.07) is 14.9. The molecule has 0 amide bonds. The summed E-state index contributed by atoms with van der Waals surface area (Å²) in [4.78, 5) is 4.90. The molecule has 2 aromatic carbocycles.